The first kappa shape index (κ1) is 11.7. The summed E-state index contributed by atoms with van der Waals surface area (Å²) in [4.78, 5) is 0. The molecule has 3 aromatic rings. The van der Waals surface area contributed by atoms with Gasteiger partial charge in [-0.1, -0.05) is 42.5 Å². The van der Waals surface area contributed by atoms with E-state index in [1.54, 1.807) is 6.07 Å². The highest BCUT2D eigenvalue weighted by Gasteiger charge is 2.05. The number of fused-ring (bicyclic) bond motifs is 1. The van der Waals surface area contributed by atoms with Crippen LogP contribution in [0.25, 0.3) is 21.9 Å². The summed E-state index contributed by atoms with van der Waals surface area (Å²) in [5.74, 6) is -0.0716. The van der Waals surface area contributed by atoms with E-state index in [1.165, 1.54) is 18.6 Å². The zero-order valence-electron chi connectivity index (χ0n) is 10.6. The molecule has 0 heterocycles. The molecule has 0 spiro atoms. The molecular formula is C17H13FO. The molecule has 0 fully saturated rings. The topological polar surface area (TPSA) is 9.23 Å². The zero-order chi connectivity index (χ0) is 13.2. The third kappa shape index (κ3) is 2.17. The van der Waals surface area contributed by atoms with Crippen LogP contribution >= 0.6 is 0 Å². The quantitative estimate of drug-likeness (QED) is 0.644. The Kier molecular flexibility index (Phi) is 2.92. The van der Waals surface area contributed by atoms with Gasteiger partial charge in [0.1, 0.15) is 0 Å². The van der Waals surface area contributed by atoms with Crippen molar-refractivity contribution in [3.05, 3.63) is 66.5 Å². The zero-order valence-corrected chi connectivity index (χ0v) is 10.6. The fraction of sp³-hybridized carbons (Fsp3) is 0.0588. The molecule has 0 amide bonds. The SMILES string of the molecule is COc1ccc(-c2ccc3ccccc3c2)cc1F. The van der Waals surface area contributed by atoms with Crippen LogP contribution in [-0.2, 0) is 0 Å². The molecule has 0 aliphatic carbocycles. The molecule has 0 saturated heterocycles. The average molecular weight is 252 g/mol. The van der Waals surface area contributed by atoms with Crippen LogP contribution in [0.5, 0.6) is 5.75 Å². The van der Waals surface area contributed by atoms with Crippen molar-refractivity contribution in [3.63, 3.8) is 0 Å². The predicted octanol–water partition coefficient (Wildman–Crippen LogP) is 4.65. The van der Waals surface area contributed by atoms with Gasteiger partial charge in [0.25, 0.3) is 0 Å². The van der Waals surface area contributed by atoms with Crippen LogP contribution in [0.1, 0.15) is 0 Å². The Bertz CT molecular complexity index is 734. The van der Waals surface area contributed by atoms with Crippen molar-refractivity contribution in [2.24, 2.45) is 0 Å². The molecule has 0 bridgehead atoms. The molecular weight excluding hydrogens is 239 g/mol. The summed E-state index contributed by atoms with van der Waals surface area (Å²) >= 11 is 0. The maximum atomic E-state index is 13.7. The van der Waals surface area contributed by atoms with Crippen LogP contribution < -0.4 is 4.74 Å². The van der Waals surface area contributed by atoms with Crippen molar-refractivity contribution in [1.82, 2.24) is 0 Å². The standard InChI is InChI=1S/C17H13FO/c1-19-17-9-8-15(11-16(17)18)14-7-6-12-4-2-3-5-13(12)10-14/h2-11H,1H3. The minimum atomic E-state index is -0.340. The highest BCUT2D eigenvalue weighted by atomic mass is 19.1. The van der Waals surface area contributed by atoms with E-state index in [4.69, 9.17) is 4.74 Å². The van der Waals surface area contributed by atoms with Crippen molar-refractivity contribution in [1.29, 1.82) is 0 Å². The van der Waals surface area contributed by atoms with E-state index in [9.17, 15) is 4.39 Å². The predicted molar refractivity (Wildman–Crippen MR) is 75.9 cm³/mol. The number of rotatable bonds is 2. The normalized spacial score (nSPS) is 10.6. The lowest BCUT2D eigenvalue weighted by atomic mass is 10.0. The van der Waals surface area contributed by atoms with E-state index in [1.807, 2.05) is 30.3 Å². The van der Waals surface area contributed by atoms with Gasteiger partial charge in [-0.25, -0.2) is 4.39 Å². The Balaban J connectivity index is 2.11. The second-order valence-electron chi connectivity index (χ2n) is 4.41. The van der Waals surface area contributed by atoms with Crippen LogP contribution in [0.15, 0.2) is 60.7 Å². The van der Waals surface area contributed by atoms with E-state index in [0.29, 0.717) is 0 Å². The smallest absolute Gasteiger partial charge is 0.165 e. The third-order valence-corrected chi connectivity index (χ3v) is 3.23. The summed E-state index contributed by atoms with van der Waals surface area (Å²) in [5, 5.41) is 2.33. The van der Waals surface area contributed by atoms with Gasteiger partial charge in [0.2, 0.25) is 0 Å². The Morgan fingerprint density at radius 3 is 2.21 bits per heavy atom. The highest BCUT2D eigenvalue weighted by molar-refractivity contribution is 5.87. The second kappa shape index (κ2) is 4.73. The van der Waals surface area contributed by atoms with Gasteiger partial charge >= 0.3 is 0 Å². The van der Waals surface area contributed by atoms with E-state index >= 15 is 0 Å². The molecule has 3 aromatic carbocycles. The first-order valence-corrected chi connectivity index (χ1v) is 6.10. The van der Waals surface area contributed by atoms with Gasteiger partial charge in [0.05, 0.1) is 7.11 Å². The van der Waals surface area contributed by atoms with Crippen LogP contribution in [-0.4, -0.2) is 7.11 Å². The first-order chi connectivity index (χ1) is 9.28. The molecule has 94 valence electrons. The van der Waals surface area contributed by atoms with Gasteiger partial charge in [0, 0.05) is 0 Å². The number of methoxy groups -OCH3 is 1. The van der Waals surface area contributed by atoms with Gasteiger partial charge in [-0.2, -0.15) is 0 Å². The molecule has 0 atom stereocenters. The number of hydrogen-bond acceptors (Lipinski definition) is 1. The van der Waals surface area contributed by atoms with Crippen molar-refractivity contribution in [3.8, 4) is 16.9 Å². The van der Waals surface area contributed by atoms with Crippen molar-refractivity contribution >= 4 is 10.8 Å². The van der Waals surface area contributed by atoms with Crippen LogP contribution in [0.4, 0.5) is 4.39 Å². The maximum Gasteiger partial charge on any atom is 0.165 e. The summed E-state index contributed by atoms with van der Waals surface area (Å²) < 4.78 is 18.7. The molecule has 1 nitrogen and oxygen atoms in total. The summed E-state index contributed by atoms with van der Waals surface area (Å²) in [7, 11) is 1.47. The molecule has 0 unspecified atom stereocenters. The summed E-state index contributed by atoms with van der Waals surface area (Å²) in [6.45, 7) is 0. The van der Waals surface area contributed by atoms with Gasteiger partial charge in [0.15, 0.2) is 11.6 Å². The van der Waals surface area contributed by atoms with Crippen LogP contribution in [0.3, 0.4) is 0 Å². The molecule has 0 aliphatic heterocycles. The third-order valence-electron chi connectivity index (χ3n) is 3.23. The van der Waals surface area contributed by atoms with Gasteiger partial charge in [-0.3, -0.25) is 0 Å². The first-order valence-electron chi connectivity index (χ1n) is 6.10. The fourth-order valence-electron chi connectivity index (χ4n) is 2.21. The fourth-order valence-corrected chi connectivity index (χ4v) is 2.21. The number of benzene rings is 3. The molecule has 0 aliphatic rings. The summed E-state index contributed by atoms with van der Waals surface area (Å²) in [6, 6.07) is 19.3. The summed E-state index contributed by atoms with van der Waals surface area (Å²) in [6.07, 6.45) is 0. The monoisotopic (exact) mass is 252 g/mol. The lowest BCUT2D eigenvalue weighted by Crippen LogP contribution is -1.88. The molecule has 2 heteroatoms. The Morgan fingerprint density at radius 1 is 0.789 bits per heavy atom. The van der Waals surface area contributed by atoms with Crippen LogP contribution in [0.2, 0.25) is 0 Å². The minimum Gasteiger partial charge on any atom is -0.494 e. The number of halogens is 1. The lowest BCUT2D eigenvalue weighted by Gasteiger charge is -2.07. The summed E-state index contributed by atoms with van der Waals surface area (Å²) in [5.41, 5.74) is 1.85. The van der Waals surface area contributed by atoms with Crippen molar-refractivity contribution in [2.45, 2.75) is 0 Å². The maximum absolute atomic E-state index is 13.7. The second-order valence-corrected chi connectivity index (χ2v) is 4.41. The average Bonchev–Trinajstić information content (AvgIpc) is 2.46. The highest BCUT2D eigenvalue weighted by Crippen LogP contribution is 2.27. The van der Waals surface area contributed by atoms with E-state index < -0.39 is 0 Å². The number of hydrogen-bond donors (Lipinski definition) is 0. The molecule has 19 heavy (non-hydrogen) atoms. The molecule has 0 N–H and O–H groups in total. The van der Waals surface area contributed by atoms with E-state index in [0.717, 1.165) is 16.5 Å². The van der Waals surface area contributed by atoms with Gasteiger partial charge in [-0.15, -0.1) is 0 Å². The van der Waals surface area contributed by atoms with Crippen molar-refractivity contribution < 1.29 is 9.13 Å². The number of ether oxygens (including phenoxy) is 1. The Hall–Kier alpha value is -2.35. The lowest BCUT2D eigenvalue weighted by molar-refractivity contribution is 0.386. The molecule has 0 saturated carbocycles. The molecule has 3 rings (SSSR count). The van der Waals surface area contributed by atoms with E-state index in [2.05, 4.69) is 18.2 Å². The van der Waals surface area contributed by atoms with E-state index in [-0.39, 0.29) is 11.6 Å². The van der Waals surface area contributed by atoms with Gasteiger partial charge < -0.3 is 4.74 Å². The molecule has 0 radical (unpaired) electrons. The Labute approximate surface area is 111 Å². The van der Waals surface area contributed by atoms with Gasteiger partial charge in [-0.05, 0) is 40.1 Å². The molecule has 0 aromatic heterocycles. The largest absolute Gasteiger partial charge is 0.494 e. The minimum absolute atomic E-state index is 0.268. The van der Waals surface area contributed by atoms with Crippen molar-refractivity contribution in [2.75, 3.05) is 7.11 Å². The van der Waals surface area contributed by atoms with Crippen LogP contribution in [0, 0.1) is 5.82 Å². The Morgan fingerprint density at radius 2 is 1.47 bits per heavy atom.